The van der Waals surface area contributed by atoms with Crippen LogP contribution >= 0.6 is 0 Å². The molecule has 0 aliphatic carbocycles. The summed E-state index contributed by atoms with van der Waals surface area (Å²) in [6.07, 6.45) is 1.84. The molecule has 0 saturated carbocycles. The Morgan fingerprint density at radius 3 is 2.31 bits per heavy atom. The van der Waals surface area contributed by atoms with E-state index in [2.05, 4.69) is 37.8 Å². The number of carbonyl (C=O) groups is 1. The van der Waals surface area contributed by atoms with Gasteiger partial charge in [0.25, 0.3) is 5.91 Å². The van der Waals surface area contributed by atoms with Crippen molar-refractivity contribution in [2.75, 3.05) is 32.8 Å². The third kappa shape index (κ3) is 4.64. The molecule has 0 spiro atoms. The molecule has 2 fully saturated rings. The molecule has 0 bridgehead atoms. The topological polar surface area (TPSA) is 42.0 Å². The highest BCUT2D eigenvalue weighted by Gasteiger charge is 2.31. The minimum atomic E-state index is -0.0611. The van der Waals surface area contributed by atoms with Crippen LogP contribution < -0.4 is 0 Å². The molecule has 5 heteroatoms. The fourth-order valence-corrected chi connectivity index (χ4v) is 3.85. The second-order valence-electron chi connectivity index (χ2n) is 7.59. The lowest BCUT2D eigenvalue weighted by Gasteiger charge is -2.34. The van der Waals surface area contributed by atoms with Gasteiger partial charge in [0, 0.05) is 37.2 Å². The van der Waals surface area contributed by atoms with Crippen LogP contribution in [0, 0.1) is 5.92 Å². The summed E-state index contributed by atoms with van der Waals surface area (Å²) >= 11 is 0. The van der Waals surface area contributed by atoms with E-state index in [1.165, 1.54) is 5.56 Å². The first-order valence-corrected chi connectivity index (χ1v) is 9.94. The van der Waals surface area contributed by atoms with E-state index < -0.39 is 0 Å². The molecule has 1 amide bonds. The van der Waals surface area contributed by atoms with Gasteiger partial charge in [0.05, 0.1) is 13.2 Å². The summed E-state index contributed by atoms with van der Waals surface area (Å²) in [5.41, 5.74) is 2.04. The van der Waals surface area contributed by atoms with Crippen molar-refractivity contribution >= 4 is 5.91 Å². The number of hydrogen-bond acceptors (Lipinski definition) is 4. The zero-order valence-corrected chi connectivity index (χ0v) is 16.3. The predicted molar refractivity (Wildman–Crippen MR) is 102 cm³/mol. The molecule has 26 heavy (non-hydrogen) atoms. The maximum absolute atomic E-state index is 12.8. The molecule has 0 unspecified atom stereocenters. The van der Waals surface area contributed by atoms with Crippen LogP contribution in [0.15, 0.2) is 24.3 Å². The number of benzene rings is 1. The van der Waals surface area contributed by atoms with E-state index in [0.717, 1.165) is 44.6 Å². The van der Waals surface area contributed by atoms with Gasteiger partial charge in [-0.15, -0.1) is 0 Å². The van der Waals surface area contributed by atoms with Crippen LogP contribution in [0.4, 0.5) is 0 Å². The normalized spacial score (nSPS) is 19.7. The molecule has 0 aromatic heterocycles. The van der Waals surface area contributed by atoms with Crippen LogP contribution in [0.25, 0.3) is 0 Å². The Kier molecular flexibility index (Phi) is 6.68. The van der Waals surface area contributed by atoms with Crippen LogP contribution in [0.3, 0.4) is 0 Å². The lowest BCUT2D eigenvalue weighted by Crippen LogP contribution is -2.41. The highest BCUT2D eigenvalue weighted by molar-refractivity contribution is 5.94. The number of piperidine rings is 1. The number of ether oxygens (including phenoxy) is 2. The molecule has 0 radical (unpaired) electrons. The Morgan fingerprint density at radius 1 is 1.15 bits per heavy atom. The number of carbonyl (C=O) groups excluding carboxylic acids is 1. The van der Waals surface area contributed by atoms with E-state index in [9.17, 15) is 4.79 Å². The summed E-state index contributed by atoms with van der Waals surface area (Å²) in [6.45, 7) is 11.5. The van der Waals surface area contributed by atoms with Gasteiger partial charge in [-0.1, -0.05) is 19.1 Å². The maximum Gasteiger partial charge on any atom is 0.253 e. The molecule has 2 saturated heterocycles. The second kappa shape index (κ2) is 8.98. The molecule has 1 aromatic rings. The molecule has 3 rings (SSSR count). The average Bonchev–Trinajstić information content (AvgIpc) is 3.20. The SMILES string of the molecule is CCN(Cc1ccc(C(=O)N2CCC(C3OCCO3)CC2)cc1)C(C)C. The third-order valence-corrected chi connectivity index (χ3v) is 5.58. The van der Waals surface area contributed by atoms with Gasteiger partial charge < -0.3 is 14.4 Å². The Hall–Kier alpha value is -1.43. The summed E-state index contributed by atoms with van der Waals surface area (Å²) in [5, 5.41) is 0. The Balaban J connectivity index is 1.53. The maximum atomic E-state index is 12.8. The molecule has 2 aliphatic heterocycles. The highest BCUT2D eigenvalue weighted by atomic mass is 16.7. The van der Waals surface area contributed by atoms with Gasteiger partial charge in [-0.3, -0.25) is 9.69 Å². The van der Waals surface area contributed by atoms with E-state index in [4.69, 9.17) is 9.47 Å². The largest absolute Gasteiger partial charge is 0.350 e. The fourth-order valence-electron chi connectivity index (χ4n) is 3.85. The first-order chi connectivity index (χ1) is 12.6. The van der Waals surface area contributed by atoms with Crippen molar-refractivity contribution in [1.29, 1.82) is 0 Å². The summed E-state index contributed by atoms with van der Waals surface area (Å²) in [7, 11) is 0. The Bertz CT molecular complexity index is 573. The molecule has 2 aliphatic rings. The lowest BCUT2D eigenvalue weighted by atomic mass is 9.95. The smallest absolute Gasteiger partial charge is 0.253 e. The van der Waals surface area contributed by atoms with Crippen molar-refractivity contribution in [3.8, 4) is 0 Å². The van der Waals surface area contributed by atoms with Crippen LogP contribution in [0.2, 0.25) is 0 Å². The second-order valence-corrected chi connectivity index (χ2v) is 7.59. The average molecular weight is 360 g/mol. The van der Waals surface area contributed by atoms with Crippen LogP contribution in [-0.4, -0.2) is 60.9 Å². The van der Waals surface area contributed by atoms with Crippen molar-refractivity contribution in [3.63, 3.8) is 0 Å². The van der Waals surface area contributed by atoms with Crippen molar-refractivity contribution < 1.29 is 14.3 Å². The van der Waals surface area contributed by atoms with Crippen molar-refractivity contribution in [3.05, 3.63) is 35.4 Å². The number of likely N-dealkylation sites (tertiary alicyclic amines) is 1. The first kappa shape index (κ1) is 19.3. The Labute approximate surface area is 157 Å². The minimum Gasteiger partial charge on any atom is -0.350 e. The van der Waals surface area contributed by atoms with E-state index in [1.54, 1.807) is 0 Å². The van der Waals surface area contributed by atoms with Gasteiger partial charge >= 0.3 is 0 Å². The summed E-state index contributed by atoms with van der Waals surface area (Å²) in [6, 6.07) is 8.65. The van der Waals surface area contributed by atoms with E-state index in [1.807, 2.05) is 17.0 Å². The molecule has 0 atom stereocenters. The minimum absolute atomic E-state index is 0.0611. The monoisotopic (exact) mass is 360 g/mol. The first-order valence-electron chi connectivity index (χ1n) is 9.94. The van der Waals surface area contributed by atoms with Crippen molar-refractivity contribution in [1.82, 2.24) is 9.80 Å². The fraction of sp³-hybridized carbons (Fsp3) is 0.667. The zero-order chi connectivity index (χ0) is 18.5. The predicted octanol–water partition coefficient (Wildman–Crippen LogP) is 3.14. The zero-order valence-electron chi connectivity index (χ0n) is 16.3. The van der Waals surface area contributed by atoms with E-state index in [0.29, 0.717) is 25.2 Å². The molecular weight excluding hydrogens is 328 g/mol. The summed E-state index contributed by atoms with van der Waals surface area (Å²) < 4.78 is 11.2. The molecule has 144 valence electrons. The molecule has 1 aromatic carbocycles. The van der Waals surface area contributed by atoms with Gasteiger partial charge in [-0.05, 0) is 50.9 Å². The quantitative estimate of drug-likeness (QED) is 0.782. The number of amides is 1. The standard InChI is InChI=1S/C21H32N2O3/c1-4-22(16(2)3)15-17-5-7-18(8-6-17)20(24)23-11-9-19(10-12-23)21-25-13-14-26-21/h5-8,16,19,21H,4,9-15H2,1-3H3. The van der Waals surface area contributed by atoms with Crippen molar-refractivity contribution in [2.24, 2.45) is 5.92 Å². The molecule has 2 heterocycles. The van der Waals surface area contributed by atoms with Gasteiger partial charge in [-0.2, -0.15) is 0 Å². The van der Waals surface area contributed by atoms with Crippen LogP contribution in [0.5, 0.6) is 0 Å². The lowest BCUT2D eigenvalue weighted by molar-refractivity contribution is -0.0956. The number of nitrogens with zero attached hydrogens (tertiary/aromatic N) is 2. The molecular formula is C21H32N2O3. The Morgan fingerprint density at radius 2 is 1.77 bits per heavy atom. The molecule has 5 nitrogen and oxygen atoms in total. The van der Waals surface area contributed by atoms with E-state index >= 15 is 0 Å². The summed E-state index contributed by atoms with van der Waals surface area (Å²) in [5.74, 6) is 0.555. The highest BCUT2D eigenvalue weighted by Crippen LogP contribution is 2.26. The third-order valence-electron chi connectivity index (χ3n) is 5.58. The van der Waals surface area contributed by atoms with Gasteiger partial charge in [0.15, 0.2) is 6.29 Å². The number of hydrogen-bond donors (Lipinski definition) is 0. The summed E-state index contributed by atoms with van der Waals surface area (Å²) in [4.78, 5) is 17.2. The van der Waals surface area contributed by atoms with Gasteiger partial charge in [0.2, 0.25) is 0 Å². The van der Waals surface area contributed by atoms with Crippen molar-refractivity contribution in [2.45, 2.75) is 52.5 Å². The van der Waals surface area contributed by atoms with Crippen LogP contribution in [0.1, 0.15) is 49.5 Å². The van der Waals surface area contributed by atoms with Crippen LogP contribution in [-0.2, 0) is 16.0 Å². The molecule has 0 N–H and O–H groups in total. The number of rotatable bonds is 6. The van der Waals surface area contributed by atoms with Gasteiger partial charge in [0.1, 0.15) is 0 Å². The van der Waals surface area contributed by atoms with Gasteiger partial charge in [-0.25, -0.2) is 0 Å². The van der Waals surface area contributed by atoms with E-state index in [-0.39, 0.29) is 12.2 Å².